The van der Waals surface area contributed by atoms with Crippen LogP contribution in [0.3, 0.4) is 0 Å². The van der Waals surface area contributed by atoms with Crippen molar-refractivity contribution in [3.05, 3.63) is 0 Å². The highest BCUT2D eigenvalue weighted by atomic mass is 16.3. The Morgan fingerprint density at radius 3 is 2.81 bits per heavy atom. The standard InChI is InChI=1S/C12H24N2O2/c1-3-4-5-6-11(15)14(2)10-12(16)7-8-13-9-12/h13,16H,3-10H2,1-2H3. The lowest BCUT2D eigenvalue weighted by molar-refractivity contribution is -0.132. The zero-order valence-electron chi connectivity index (χ0n) is 10.5. The number of aliphatic hydroxyl groups is 1. The predicted octanol–water partition coefficient (Wildman–Crippen LogP) is 0.749. The molecule has 1 rings (SSSR count). The third-order valence-electron chi connectivity index (χ3n) is 3.17. The SMILES string of the molecule is CCCCCC(=O)N(C)CC1(O)CCNC1. The van der Waals surface area contributed by atoms with E-state index in [9.17, 15) is 9.90 Å². The molecule has 1 saturated heterocycles. The van der Waals surface area contributed by atoms with Crippen molar-refractivity contribution in [2.45, 2.75) is 44.6 Å². The first-order chi connectivity index (χ1) is 7.57. The van der Waals surface area contributed by atoms with Crippen molar-refractivity contribution in [3.8, 4) is 0 Å². The second kappa shape index (κ2) is 6.21. The largest absolute Gasteiger partial charge is 0.387 e. The number of nitrogens with one attached hydrogen (secondary N) is 1. The van der Waals surface area contributed by atoms with E-state index in [-0.39, 0.29) is 5.91 Å². The Kier molecular flexibility index (Phi) is 5.22. The highest BCUT2D eigenvalue weighted by molar-refractivity contribution is 5.75. The fraction of sp³-hybridized carbons (Fsp3) is 0.917. The van der Waals surface area contributed by atoms with Crippen molar-refractivity contribution in [2.75, 3.05) is 26.7 Å². The molecule has 2 N–H and O–H groups in total. The van der Waals surface area contributed by atoms with Gasteiger partial charge >= 0.3 is 0 Å². The number of carbonyl (C=O) groups is 1. The zero-order valence-corrected chi connectivity index (χ0v) is 10.5. The van der Waals surface area contributed by atoms with Crippen LogP contribution in [0.5, 0.6) is 0 Å². The topological polar surface area (TPSA) is 52.6 Å². The van der Waals surface area contributed by atoms with Gasteiger partial charge in [-0.3, -0.25) is 4.79 Å². The number of amides is 1. The van der Waals surface area contributed by atoms with Gasteiger partial charge in [-0.1, -0.05) is 19.8 Å². The molecule has 0 aromatic carbocycles. The Hall–Kier alpha value is -0.610. The van der Waals surface area contributed by atoms with E-state index in [0.717, 1.165) is 32.2 Å². The molecule has 1 aliphatic heterocycles. The van der Waals surface area contributed by atoms with E-state index in [1.54, 1.807) is 11.9 Å². The molecule has 16 heavy (non-hydrogen) atoms. The van der Waals surface area contributed by atoms with Gasteiger partial charge < -0.3 is 15.3 Å². The molecule has 0 radical (unpaired) electrons. The van der Waals surface area contributed by atoms with Gasteiger partial charge in [0.05, 0.1) is 12.1 Å². The van der Waals surface area contributed by atoms with Crippen LogP contribution in [0, 0.1) is 0 Å². The first-order valence-electron chi connectivity index (χ1n) is 6.24. The van der Waals surface area contributed by atoms with Crippen LogP contribution >= 0.6 is 0 Å². The number of nitrogens with zero attached hydrogens (tertiary/aromatic N) is 1. The molecule has 4 nitrogen and oxygen atoms in total. The summed E-state index contributed by atoms with van der Waals surface area (Å²) in [5.74, 6) is 0.147. The fourth-order valence-corrected chi connectivity index (χ4v) is 2.11. The molecule has 94 valence electrons. The highest BCUT2D eigenvalue weighted by Crippen LogP contribution is 2.16. The maximum atomic E-state index is 11.7. The minimum Gasteiger partial charge on any atom is -0.387 e. The molecule has 1 unspecified atom stereocenters. The lowest BCUT2D eigenvalue weighted by Crippen LogP contribution is -2.45. The van der Waals surface area contributed by atoms with Crippen LogP contribution in [0.2, 0.25) is 0 Å². The molecule has 0 aromatic rings. The fourth-order valence-electron chi connectivity index (χ4n) is 2.11. The van der Waals surface area contributed by atoms with Gasteiger partial charge in [-0.15, -0.1) is 0 Å². The Morgan fingerprint density at radius 2 is 2.25 bits per heavy atom. The summed E-state index contributed by atoms with van der Waals surface area (Å²) in [5, 5.41) is 13.2. The van der Waals surface area contributed by atoms with Crippen LogP contribution in [0.25, 0.3) is 0 Å². The number of hydrogen-bond acceptors (Lipinski definition) is 3. The van der Waals surface area contributed by atoms with Crippen molar-refractivity contribution in [1.82, 2.24) is 10.2 Å². The quantitative estimate of drug-likeness (QED) is 0.660. The van der Waals surface area contributed by atoms with E-state index in [1.807, 2.05) is 0 Å². The monoisotopic (exact) mass is 228 g/mol. The maximum Gasteiger partial charge on any atom is 0.222 e. The first kappa shape index (κ1) is 13.5. The van der Waals surface area contributed by atoms with Gasteiger partial charge in [0, 0.05) is 20.0 Å². The Bertz CT molecular complexity index is 225. The van der Waals surface area contributed by atoms with Crippen molar-refractivity contribution in [3.63, 3.8) is 0 Å². The second-order valence-corrected chi connectivity index (χ2v) is 4.86. The molecule has 0 bridgehead atoms. The third-order valence-corrected chi connectivity index (χ3v) is 3.17. The van der Waals surface area contributed by atoms with Crippen LogP contribution in [-0.2, 0) is 4.79 Å². The van der Waals surface area contributed by atoms with E-state index >= 15 is 0 Å². The molecule has 0 saturated carbocycles. The number of carbonyl (C=O) groups excluding carboxylic acids is 1. The van der Waals surface area contributed by atoms with Gasteiger partial charge in [-0.05, 0) is 19.4 Å². The molecule has 1 aliphatic rings. The van der Waals surface area contributed by atoms with Gasteiger partial charge in [-0.2, -0.15) is 0 Å². The number of β-amino-alcohol motifs (C(OH)–C–C–N with tert-alkyl or cyclic N) is 1. The van der Waals surface area contributed by atoms with E-state index < -0.39 is 5.60 Å². The number of hydrogen-bond donors (Lipinski definition) is 2. The molecule has 0 spiro atoms. The summed E-state index contributed by atoms with van der Waals surface area (Å²) in [7, 11) is 1.78. The van der Waals surface area contributed by atoms with Crippen LogP contribution in [0.1, 0.15) is 39.0 Å². The van der Waals surface area contributed by atoms with E-state index in [4.69, 9.17) is 0 Å². The van der Waals surface area contributed by atoms with Crippen molar-refractivity contribution in [1.29, 1.82) is 0 Å². The zero-order chi connectivity index (χ0) is 12.0. The molecule has 0 aromatic heterocycles. The minimum atomic E-state index is -0.713. The van der Waals surface area contributed by atoms with E-state index in [1.165, 1.54) is 0 Å². The number of likely N-dealkylation sites (N-methyl/N-ethyl adjacent to an activating group) is 1. The minimum absolute atomic E-state index is 0.147. The Balaban J connectivity index is 2.27. The molecular weight excluding hydrogens is 204 g/mol. The lowest BCUT2D eigenvalue weighted by Gasteiger charge is -2.28. The summed E-state index contributed by atoms with van der Waals surface area (Å²) in [6, 6.07) is 0. The van der Waals surface area contributed by atoms with E-state index in [0.29, 0.717) is 19.5 Å². The molecule has 0 aliphatic carbocycles. The predicted molar refractivity (Wildman–Crippen MR) is 64.2 cm³/mol. The van der Waals surface area contributed by atoms with Crippen molar-refractivity contribution >= 4 is 5.91 Å². The summed E-state index contributed by atoms with van der Waals surface area (Å²) < 4.78 is 0. The summed E-state index contributed by atoms with van der Waals surface area (Å²) in [6.45, 7) is 4.01. The molecule has 1 amide bonds. The van der Waals surface area contributed by atoms with Crippen LogP contribution in [0.4, 0.5) is 0 Å². The lowest BCUT2D eigenvalue weighted by atomic mass is 10.0. The van der Waals surface area contributed by atoms with Gasteiger partial charge in [-0.25, -0.2) is 0 Å². The Labute approximate surface area is 98.0 Å². The van der Waals surface area contributed by atoms with Crippen LogP contribution in [0.15, 0.2) is 0 Å². The summed E-state index contributed by atoms with van der Waals surface area (Å²) in [4.78, 5) is 13.4. The van der Waals surface area contributed by atoms with Gasteiger partial charge in [0.2, 0.25) is 5.91 Å². The highest BCUT2D eigenvalue weighted by Gasteiger charge is 2.33. The van der Waals surface area contributed by atoms with Crippen LogP contribution in [-0.4, -0.2) is 48.2 Å². The van der Waals surface area contributed by atoms with Crippen LogP contribution < -0.4 is 5.32 Å². The molecule has 4 heteroatoms. The van der Waals surface area contributed by atoms with Gasteiger partial charge in [0.15, 0.2) is 0 Å². The average Bonchev–Trinajstić information content (AvgIpc) is 2.65. The van der Waals surface area contributed by atoms with Gasteiger partial charge in [0.1, 0.15) is 0 Å². The van der Waals surface area contributed by atoms with E-state index in [2.05, 4.69) is 12.2 Å². The van der Waals surface area contributed by atoms with Crippen molar-refractivity contribution < 1.29 is 9.90 Å². The molecule has 1 fully saturated rings. The average molecular weight is 228 g/mol. The molecule has 1 heterocycles. The third kappa shape index (κ3) is 4.10. The first-order valence-corrected chi connectivity index (χ1v) is 6.24. The smallest absolute Gasteiger partial charge is 0.222 e. The van der Waals surface area contributed by atoms with Gasteiger partial charge in [0.25, 0.3) is 0 Å². The second-order valence-electron chi connectivity index (χ2n) is 4.86. The normalized spacial score (nSPS) is 24.7. The number of rotatable bonds is 6. The van der Waals surface area contributed by atoms with Crippen molar-refractivity contribution in [2.24, 2.45) is 0 Å². The summed E-state index contributed by atoms with van der Waals surface area (Å²) in [5.41, 5.74) is -0.713. The molecular formula is C12H24N2O2. The maximum absolute atomic E-state index is 11.7. The summed E-state index contributed by atoms with van der Waals surface area (Å²) >= 11 is 0. The molecule has 1 atom stereocenters. The number of unbranched alkanes of at least 4 members (excludes halogenated alkanes) is 2. The summed E-state index contributed by atoms with van der Waals surface area (Å²) in [6.07, 6.45) is 4.53. The Morgan fingerprint density at radius 1 is 1.50 bits per heavy atom.